The second kappa shape index (κ2) is 7.29. The van der Waals surface area contributed by atoms with Crippen LogP contribution in [-0.4, -0.2) is 49.6 Å². The molecule has 0 atom stereocenters. The molecule has 1 aromatic carbocycles. The number of carbonyl (C=O) groups is 1. The lowest BCUT2D eigenvalue weighted by atomic mass is 10.1. The Morgan fingerprint density at radius 2 is 1.65 bits per heavy atom. The van der Waals surface area contributed by atoms with Crippen molar-refractivity contribution in [3.05, 3.63) is 28.8 Å². The Hall–Kier alpha value is -1.55. The number of anilines is 1. The summed E-state index contributed by atoms with van der Waals surface area (Å²) < 4.78 is 0. The van der Waals surface area contributed by atoms with E-state index in [0.717, 1.165) is 29.9 Å². The number of likely N-dealkylation sites (N-methyl/N-ethyl adjacent to an activating group) is 2. The van der Waals surface area contributed by atoms with Gasteiger partial charge in [0.05, 0.1) is 0 Å². The van der Waals surface area contributed by atoms with Gasteiger partial charge in [-0.05, 0) is 52.9 Å². The molecule has 0 bridgehead atoms. The monoisotopic (exact) mass is 277 g/mol. The molecule has 0 aromatic heterocycles. The van der Waals surface area contributed by atoms with Gasteiger partial charge in [0, 0.05) is 25.3 Å². The van der Waals surface area contributed by atoms with Crippen LogP contribution in [0.3, 0.4) is 0 Å². The van der Waals surface area contributed by atoms with Gasteiger partial charge in [0.2, 0.25) is 0 Å². The summed E-state index contributed by atoms with van der Waals surface area (Å²) in [5, 5.41) is 3.05. The third-order valence-corrected chi connectivity index (χ3v) is 3.40. The average Bonchev–Trinajstić information content (AvgIpc) is 2.34. The molecule has 0 saturated heterocycles. The van der Waals surface area contributed by atoms with Crippen LogP contribution in [0.2, 0.25) is 0 Å². The molecule has 0 fully saturated rings. The molecule has 1 aromatic rings. The summed E-state index contributed by atoms with van der Waals surface area (Å²) in [6, 6.07) is 4.17. The molecule has 0 unspecified atom stereocenters. The SMILES string of the molecule is CCN(CCN(C)C)C(=O)Nc1c(C)cc(C)cc1C. The van der Waals surface area contributed by atoms with Gasteiger partial charge in [-0.1, -0.05) is 17.7 Å². The van der Waals surface area contributed by atoms with Crippen molar-refractivity contribution >= 4 is 11.7 Å². The topological polar surface area (TPSA) is 35.6 Å². The van der Waals surface area contributed by atoms with Crippen LogP contribution >= 0.6 is 0 Å². The summed E-state index contributed by atoms with van der Waals surface area (Å²) in [4.78, 5) is 16.3. The lowest BCUT2D eigenvalue weighted by Gasteiger charge is -2.24. The minimum Gasteiger partial charge on any atom is -0.324 e. The first-order valence-electron chi connectivity index (χ1n) is 7.13. The maximum Gasteiger partial charge on any atom is 0.321 e. The molecule has 0 aliphatic rings. The zero-order valence-electron chi connectivity index (χ0n) is 13.6. The van der Waals surface area contributed by atoms with Crippen LogP contribution in [0.1, 0.15) is 23.6 Å². The highest BCUT2D eigenvalue weighted by molar-refractivity contribution is 5.91. The summed E-state index contributed by atoms with van der Waals surface area (Å²) in [6.45, 7) is 10.5. The molecular weight excluding hydrogens is 250 g/mol. The van der Waals surface area contributed by atoms with E-state index in [4.69, 9.17) is 0 Å². The molecule has 20 heavy (non-hydrogen) atoms. The first kappa shape index (κ1) is 16.5. The van der Waals surface area contributed by atoms with Gasteiger partial charge in [0.25, 0.3) is 0 Å². The van der Waals surface area contributed by atoms with Crippen molar-refractivity contribution in [3.63, 3.8) is 0 Å². The number of hydrogen-bond donors (Lipinski definition) is 1. The van der Waals surface area contributed by atoms with Crippen molar-refractivity contribution in [2.24, 2.45) is 0 Å². The van der Waals surface area contributed by atoms with Gasteiger partial charge in [0.1, 0.15) is 0 Å². The number of carbonyl (C=O) groups excluding carboxylic acids is 1. The number of nitrogens with zero attached hydrogens (tertiary/aromatic N) is 2. The second-order valence-corrected chi connectivity index (χ2v) is 5.59. The second-order valence-electron chi connectivity index (χ2n) is 5.59. The molecule has 4 heteroatoms. The normalized spacial score (nSPS) is 10.8. The summed E-state index contributed by atoms with van der Waals surface area (Å²) in [5.41, 5.74) is 4.38. The molecule has 112 valence electrons. The minimum absolute atomic E-state index is 0.0237. The van der Waals surface area contributed by atoms with Gasteiger partial charge in [-0.25, -0.2) is 4.79 Å². The molecule has 1 rings (SSSR count). The van der Waals surface area contributed by atoms with Crippen LogP contribution in [-0.2, 0) is 0 Å². The maximum absolute atomic E-state index is 12.3. The number of urea groups is 1. The van der Waals surface area contributed by atoms with Crippen molar-refractivity contribution < 1.29 is 4.79 Å². The van der Waals surface area contributed by atoms with E-state index in [0.29, 0.717) is 6.54 Å². The smallest absolute Gasteiger partial charge is 0.321 e. The predicted octanol–water partition coefficient (Wildman–Crippen LogP) is 3.03. The standard InChI is InChI=1S/C16H27N3O/c1-7-19(9-8-18(5)6)16(20)17-15-13(3)10-12(2)11-14(15)4/h10-11H,7-9H2,1-6H3,(H,17,20). The molecule has 0 radical (unpaired) electrons. The molecule has 0 aliphatic heterocycles. The summed E-state index contributed by atoms with van der Waals surface area (Å²) >= 11 is 0. The molecule has 1 N–H and O–H groups in total. The van der Waals surface area contributed by atoms with Gasteiger partial charge >= 0.3 is 6.03 Å². The Morgan fingerprint density at radius 1 is 1.10 bits per heavy atom. The molecule has 0 saturated carbocycles. The van der Waals surface area contributed by atoms with Crippen LogP contribution in [0.4, 0.5) is 10.5 Å². The van der Waals surface area contributed by atoms with Gasteiger partial charge in [-0.2, -0.15) is 0 Å². The van der Waals surface area contributed by atoms with Crippen LogP contribution in [0.15, 0.2) is 12.1 Å². The highest BCUT2D eigenvalue weighted by Gasteiger charge is 2.14. The quantitative estimate of drug-likeness (QED) is 0.898. The first-order valence-corrected chi connectivity index (χ1v) is 7.13. The van der Waals surface area contributed by atoms with Gasteiger partial charge in [0.15, 0.2) is 0 Å². The van der Waals surface area contributed by atoms with Crippen molar-refractivity contribution in [3.8, 4) is 0 Å². The van der Waals surface area contributed by atoms with E-state index in [1.54, 1.807) is 0 Å². The van der Waals surface area contributed by atoms with E-state index in [9.17, 15) is 4.79 Å². The fraction of sp³-hybridized carbons (Fsp3) is 0.562. The van der Waals surface area contributed by atoms with Crippen molar-refractivity contribution in [2.75, 3.05) is 39.0 Å². The van der Waals surface area contributed by atoms with E-state index < -0.39 is 0 Å². The summed E-state index contributed by atoms with van der Waals surface area (Å²) in [6.07, 6.45) is 0. The molecule has 2 amide bonds. The molecular formula is C16H27N3O. The highest BCUT2D eigenvalue weighted by atomic mass is 16.2. The lowest BCUT2D eigenvalue weighted by molar-refractivity contribution is 0.208. The Morgan fingerprint density at radius 3 is 2.10 bits per heavy atom. The fourth-order valence-electron chi connectivity index (χ4n) is 2.29. The number of hydrogen-bond acceptors (Lipinski definition) is 2. The van der Waals surface area contributed by atoms with Crippen molar-refractivity contribution in [1.29, 1.82) is 0 Å². The van der Waals surface area contributed by atoms with Gasteiger partial charge < -0.3 is 15.1 Å². The first-order chi connectivity index (χ1) is 9.35. The number of amides is 2. The largest absolute Gasteiger partial charge is 0.324 e. The van der Waals surface area contributed by atoms with E-state index >= 15 is 0 Å². The van der Waals surface area contributed by atoms with Crippen molar-refractivity contribution in [1.82, 2.24) is 9.80 Å². The summed E-state index contributed by atoms with van der Waals surface area (Å²) in [7, 11) is 4.03. The van der Waals surface area contributed by atoms with E-state index in [2.05, 4.69) is 29.3 Å². The van der Waals surface area contributed by atoms with E-state index in [1.807, 2.05) is 39.8 Å². The van der Waals surface area contributed by atoms with Crippen LogP contribution in [0.5, 0.6) is 0 Å². The number of aryl methyl sites for hydroxylation is 3. The van der Waals surface area contributed by atoms with Gasteiger partial charge in [-0.15, -0.1) is 0 Å². The molecule has 0 spiro atoms. The number of rotatable bonds is 5. The molecule has 0 aliphatic carbocycles. The summed E-state index contributed by atoms with van der Waals surface area (Å²) in [5.74, 6) is 0. The average molecular weight is 277 g/mol. The Balaban J connectivity index is 2.78. The predicted molar refractivity (Wildman–Crippen MR) is 85.5 cm³/mol. The molecule has 4 nitrogen and oxygen atoms in total. The maximum atomic E-state index is 12.3. The third-order valence-electron chi connectivity index (χ3n) is 3.40. The van der Waals surface area contributed by atoms with Crippen LogP contribution in [0, 0.1) is 20.8 Å². The van der Waals surface area contributed by atoms with Crippen molar-refractivity contribution in [2.45, 2.75) is 27.7 Å². The zero-order valence-corrected chi connectivity index (χ0v) is 13.6. The molecule has 0 heterocycles. The fourth-order valence-corrected chi connectivity index (χ4v) is 2.29. The van der Waals surface area contributed by atoms with E-state index in [-0.39, 0.29) is 6.03 Å². The lowest BCUT2D eigenvalue weighted by Crippen LogP contribution is -2.39. The third kappa shape index (κ3) is 4.53. The van der Waals surface area contributed by atoms with Crippen LogP contribution in [0.25, 0.3) is 0 Å². The minimum atomic E-state index is -0.0237. The highest BCUT2D eigenvalue weighted by Crippen LogP contribution is 2.22. The Bertz CT molecular complexity index is 446. The van der Waals surface area contributed by atoms with E-state index in [1.165, 1.54) is 5.56 Å². The number of nitrogens with one attached hydrogen (secondary N) is 1. The number of benzene rings is 1. The Labute approximate surface area is 122 Å². The Kier molecular flexibility index (Phi) is 6.02. The van der Waals surface area contributed by atoms with Gasteiger partial charge in [-0.3, -0.25) is 0 Å². The van der Waals surface area contributed by atoms with Crippen LogP contribution < -0.4 is 5.32 Å². The zero-order chi connectivity index (χ0) is 15.3.